The number of hydrogen-bond acceptors (Lipinski definition) is 3. The van der Waals surface area contributed by atoms with Crippen LogP contribution < -0.4 is 10.1 Å². The lowest BCUT2D eigenvalue weighted by Crippen LogP contribution is -2.46. The highest BCUT2D eigenvalue weighted by atomic mass is 32.1. The smallest absolute Gasteiger partial charge is 0.257 e. The second kappa shape index (κ2) is 10.4. The van der Waals surface area contributed by atoms with Gasteiger partial charge in [-0.05, 0) is 55.7 Å². The van der Waals surface area contributed by atoms with Crippen LogP contribution in [0.15, 0.2) is 24.3 Å². The Morgan fingerprint density at radius 1 is 1.20 bits per heavy atom. The number of benzene rings is 1. The van der Waals surface area contributed by atoms with Crippen molar-refractivity contribution in [3.05, 3.63) is 29.8 Å². The van der Waals surface area contributed by atoms with E-state index in [9.17, 15) is 4.79 Å². The number of hydrogen-bond donors (Lipinski definition) is 1. The molecule has 25 heavy (non-hydrogen) atoms. The number of unbranched alkanes of at least 4 members (excludes halogenated alkanes) is 2. The first kappa shape index (κ1) is 19.7. The lowest BCUT2D eigenvalue weighted by atomic mass is 9.95. The van der Waals surface area contributed by atoms with Crippen molar-refractivity contribution >= 4 is 23.2 Å². The lowest BCUT2D eigenvalue weighted by molar-refractivity contribution is 0.0972. The summed E-state index contributed by atoms with van der Waals surface area (Å²) >= 11 is 5.41. The van der Waals surface area contributed by atoms with E-state index >= 15 is 0 Å². The van der Waals surface area contributed by atoms with Gasteiger partial charge in [0.25, 0.3) is 5.91 Å². The largest absolute Gasteiger partial charge is 0.494 e. The number of nitrogens with zero attached hydrogens (tertiary/aromatic N) is 1. The fourth-order valence-electron chi connectivity index (χ4n) is 3.14. The molecule has 1 saturated carbocycles. The van der Waals surface area contributed by atoms with Crippen molar-refractivity contribution in [2.24, 2.45) is 0 Å². The van der Waals surface area contributed by atoms with E-state index in [2.05, 4.69) is 12.2 Å². The van der Waals surface area contributed by atoms with Crippen molar-refractivity contribution < 1.29 is 9.53 Å². The van der Waals surface area contributed by atoms with Gasteiger partial charge in [0.2, 0.25) is 0 Å². The summed E-state index contributed by atoms with van der Waals surface area (Å²) in [4.78, 5) is 14.4. The maximum absolute atomic E-state index is 12.4. The highest BCUT2D eigenvalue weighted by Crippen LogP contribution is 2.21. The van der Waals surface area contributed by atoms with Crippen LogP contribution >= 0.6 is 12.2 Å². The molecule has 1 amide bonds. The molecule has 4 nitrogen and oxygen atoms in total. The number of rotatable bonds is 7. The van der Waals surface area contributed by atoms with Crippen LogP contribution in [0.1, 0.15) is 68.6 Å². The van der Waals surface area contributed by atoms with Gasteiger partial charge >= 0.3 is 0 Å². The molecule has 0 spiro atoms. The molecule has 1 N–H and O–H groups in total. The van der Waals surface area contributed by atoms with Crippen LogP contribution in [0, 0.1) is 0 Å². The van der Waals surface area contributed by atoms with Gasteiger partial charge in [-0.3, -0.25) is 10.1 Å². The summed E-state index contributed by atoms with van der Waals surface area (Å²) in [5.74, 6) is 0.639. The first-order valence-corrected chi connectivity index (χ1v) is 9.83. The second-order valence-electron chi connectivity index (χ2n) is 6.74. The Morgan fingerprint density at radius 3 is 2.52 bits per heavy atom. The van der Waals surface area contributed by atoms with E-state index in [4.69, 9.17) is 17.0 Å². The second-order valence-corrected chi connectivity index (χ2v) is 7.13. The molecule has 0 aromatic heterocycles. The predicted octanol–water partition coefficient (Wildman–Crippen LogP) is 4.53. The molecule has 0 heterocycles. The number of nitrogens with one attached hydrogen (secondary N) is 1. The van der Waals surface area contributed by atoms with Crippen LogP contribution in [0.4, 0.5) is 0 Å². The average molecular weight is 363 g/mol. The van der Waals surface area contributed by atoms with Gasteiger partial charge < -0.3 is 9.64 Å². The van der Waals surface area contributed by atoms with Crippen LogP contribution in [0.5, 0.6) is 5.75 Å². The zero-order valence-corrected chi connectivity index (χ0v) is 16.2. The summed E-state index contributed by atoms with van der Waals surface area (Å²) < 4.78 is 5.68. The van der Waals surface area contributed by atoms with Gasteiger partial charge in [0.15, 0.2) is 5.11 Å². The Labute approximate surface area is 156 Å². The number of ether oxygens (including phenoxy) is 1. The van der Waals surface area contributed by atoms with Gasteiger partial charge in [0.05, 0.1) is 6.61 Å². The van der Waals surface area contributed by atoms with Crippen molar-refractivity contribution in [2.45, 2.75) is 64.3 Å². The van der Waals surface area contributed by atoms with Crippen molar-refractivity contribution in [3.63, 3.8) is 0 Å². The number of carbonyl (C=O) groups is 1. The molecule has 0 bridgehead atoms. The number of amides is 1. The average Bonchev–Trinajstić information content (AvgIpc) is 2.65. The molecule has 0 unspecified atom stereocenters. The zero-order chi connectivity index (χ0) is 18.1. The van der Waals surface area contributed by atoms with E-state index in [1.165, 1.54) is 32.1 Å². The van der Waals surface area contributed by atoms with Crippen LogP contribution in [-0.2, 0) is 0 Å². The highest BCUT2D eigenvalue weighted by Gasteiger charge is 2.21. The van der Waals surface area contributed by atoms with E-state index in [0.29, 0.717) is 16.7 Å². The first-order valence-electron chi connectivity index (χ1n) is 9.43. The predicted molar refractivity (Wildman–Crippen MR) is 106 cm³/mol. The third-order valence-electron chi connectivity index (χ3n) is 4.80. The zero-order valence-electron chi connectivity index (χ0n) is 15.4. The molecule has 1 aromatic carbocycles. The monoisotopic (exact) mass is 362 g/mol. The number of carbonyl (C=O) groups excluding carboxylic acids is 1. The van der Waals surface area contributed by atoms with Crippen LogP contribution in [0.2, 0.25) is 0 Å². The Kier molecular flexibility index (Phi) is 8.19. The summed E-state index contributed by atoms with van der Waals surface area (Å²) in [6, 6.07) is 7.70. The molecule has 0 atom stereocenters. The van der Waals surface area contributed by atoms with Crippen molar-refractivity contribution in [1.82, 2.24) is 10.2 Å². The quantitative estimate of drug-likeness (QED) is 0.571. The molecule has 138 valence electrons. The minimum absolute atomic E-state index is 0.162. The molecule has 0 radical (unpaired) electrons. The van der Waals surface area contributed by atoms with Gasteiger partial charge in [-0.25, -0.2) is 0 Å². The number of thiocarbonyl (C=S) groups is 1. The molecule has 1 aliphatic rings. The van der Waals surface area contributed by atoms with Gasteiger partial charge in [-0.15, -0.1) is 0 Å². The minimum Gasteiger partial charge on any atom is -0.494 e. The molecular formula is C20H30N2O2S. The summed E-state index contributed by atoms with van der Waals surface area (Å²) in [5.41, 5.74) is 0.598. The van der Waals surface area contributed by atoms with Crippen LogP contribution in [-0.4, -0.2) is 35.6 Å². The van der Waals surface area contributed by atoms with Gasteiger partial charge in [-0.2, -0.15) is 0 Å². The van der Waals surface area contributed by atoms with E-state index < -0.39 is 0 Å². The summed E-state index contributed by atoms with van der Waals surface area (Å²) in [6.07, 6.45) is 9.49. The Balaban J connectivity index is 1.82. The molecular weight excluding hydrogens is 332 g/mol. The normalized spacial score (nSPS) is 14.8. The van der Waals surface area contributed by atoms with Gasteiger partial charge in [0.1, 0.15) is 5.75 Å². The standard InChI is InChI=1S/C20H30N2O2S/c1-3-4-8-15-24-18-13-11-16(12-14-18)19(23)21-20(25)22(2)17-9-6-5-7-10-17/h11-14,17H,3-10,15H2,1-2H3,(H,21,23,25). The molecule has 5 heteroatoms. The molecule has 0 aliphatic heterocycles. The van der Waals surface area contributed by atoms with Gasteiger partial charge in [0, 0.05) is 18.7 Å². The maximum Gasteiger partial charge on any atom is 0.257 e. The Hall–Kier alpha value is -1.62. The van der Waals surface area contributed by atoms with Crippen molar-refractivity contribution in [2.75, 3.05) is 13.7 Å². The van der Waals surface area contributed by atoms with Gasteiger partial charge in [-0.1, -0.05) is 39.0 Å². The van der Waals surface area contributed by atoms with Crippen LogP contribution in [0.3, 0.4) is 0 Å². The fourth-order valence-corrected chi connectivity index (χ4v) is 3.38. The maximum atomic E-state index is 12.4. The fraction of sp³-hybridized carbons (Fsp3) is 0.600. The summed E-state index contributed by atoms with van der Waals surface area (Å²) in [7, 11) is 1.98. The Bertz CT molecular complexity index is 553. The topological polar surface area (TPSA) is 41.6 Å². The first-order chi connectivity index (χ1) is 12.1. The van der Waals surface area contributed by atoms with Crippen molar-refractivity contribution in [1.29, 1.82) is 0 Å². The van der Waals surface area contributed by atoms with Crippen LogP contribution in [0.25, 0.3) is 0 Å². The van der Waals surface area contributed by atoms with E-state index in [1.807, 2.05) is 24.1 Å². The molecule has 1 aromatic rings. The molecule has 0 saturated heterocycles. The summed E-state index contributed by atoms with van der Waals surface area (Å²) in [6.45, 7) is 2.89. The minimum atomic E-state index is -0.162. The van der Waals surface area contributed by atoms with E-state index in [-0.39, 0.29) is 5.91 Å². The van der Waals surface area contributed by atoms with E-state index in [0.717, 1.165) is 31.6 Å². The summed E-state index contributed by atoms with van der Waals surface area (Å²) in [5, 5.41) is 3.36. The Morgan fingerprint density at radius 2 is 1.88 bits per heavy atom. The molecule has 2 rings (SSSR count). The SMILES string of the molecule is CCCCCOc1ccc(C(=O)NC(=S)N(C)C2CCCCC2)cc1. The molecule has 1 fully saturated rings. The molecule has 1 aliphatic carbocycles. The third kappa shape index (κ3) is 6.31. The van der Waals surface area contributed by atoms with E-state index in [1.54, 1.807) is 12.1 Å². The van der Waals surface area contributed by atoms with Crippen molar-refractivity contribution in [3.8, 4) is 5.75 Å². The lowest BCUT2D eigenvalue weighted by Gasteiger charge is -2.32. The highest BCUT2D eigenvalue weighted by molar-refractivity contribution is 7.80. The third-order valence-corrected chi connectivity index (χ3v) is 5.19.